The van der Waals surface area contributed by atoms with E-state index in [-0.39, 0.29) is 18.4 Å². The topological polar surface area (TPSA) is 104 Å². The fourth-order valence-corrected chi connectivity index (χ4v) is 1.64. The van der Waals surface area contributed by atoms with Crippen molar-refractivity contribution in [2.24, 2.45) is 0 Å². The zero-order valence-electron chi connectivity index (χ0n) is 10.7. The van der Waals surface area contributed by atoms with E-state index in [1.807, 2.05) is 0 Å². The average molecular weight is 283 g/mol. The van der Waals surface area contributed by atoms with Gasteiger partial charge in [-0.2, -0.15) is 0 Å². The molecule has 0 aliphatic heterocycles. The summed E-state index contributed by atoms with van der Waals surface area (Å²) < 4.78 is 12.9. The van der Waals surface area contributed by atoms with E-state index in [0.717, 1.165) is 12.1 Å². The van der Waals surface area contributed by atoms with Crippen LogP contribution in [0, 0.1) is 12.7 Å². The van der Waals surface area contributed by atoms with Crippen LogP contribution in [0.4, 0.5) is 4.39 Å². The molecule has 7 heteroatoms. The zero-order valence-corrected chi connectivity index (χ0v) is 10.7. The number of aliphatic carboxylic acids is 2. The maximum atomic E-state index is 12.9. The number of carbonyl (C=O) groups excluding carboxylic acids is 1. The molecule has 0 bridgehead atoms. The van der Waals surface area contributed by atoms with Crippen molar-refractivity contribution in [3.05, 3.63) is 35.1 Å². The molecule has 1 aromatic rings. The average Bonchev–Trinajstić information content (AvgIpc) is 2.33. The van der Waals surface area contributed by atoms with Crippen LogP contribution in [-0.2, 0) is 9.59 Å². The molecule has 1 aromatic carbocycles. The molecule has 0 heterocycles. The number of carboxylic acid groups (broad SMARTS) is 2. The maximum absolute atomic E-state index is 12.9. The lowest BCUT2D eigenvalue weighted by Gasteiger charge is -2.14. The largest absolute Gasteiger partial charge is 0.481 e. The van der Waals surface area contributed by atoms with E-state index in [2.05, 4.69) is 5.32 Å². The number of amides is 1. The van der Waals surface area contributed by atoms with Crippen LogP contribution in [0.1, 0.15) is 28.8 Å². The lowest BCUT2D eigenvalue weighted by molar-refractivity contribution is -0.140. The van der Waals surface area contributed by atoms with Gasteiger partial charge in [0.1, 0.15) is 11.9 Å². The number of nitrogens with one attached hydrogen (secondary N) is 1. The van der Waals surface area contributed by atoms with E-state index in [4.69, 9.17) is 10.2 Å². The van der Waals surface area contributed by atoms with Gasteiger partial charge in [-0.25, -0.2) is 9.18 Å². The van der Waals surface area contributed by atoms with Gasteiger partial charge in [0, 0.05) is 12.0 Å². The highest BCUT2D eigenvalue weighted by molar-refractivity contribution is 5.97. The van der Waals surface area contributed by atoms with E-state index in [1.54, 1.807) is 0 Å². The monoisotopic (exact) mass is 283 g/mol. The number of hydrogen-bond acceptors (Lipinski definition) is 3. The molecule has 20 heavy (non-hydrogen) atoms. The van der Waals surface area contributed by atoms with Gasteiger partial charge in [0.05, 0.1) is 0 Å². The zero-order chi connectivity index (χ0) is 15.3. The molecule has 0 fully saturated rings. The summed E-state index contributed by atoms with van der Waals surface area (Å²) in [6, 6.07) is 2.19. The van der Waals surface area contributed by atoms with E-state index >= 15 is 0 Å². The summed E-state index contributed by atoms with van der Waals surface area (Å²) in [6.45, 7) is 1.52. The number of halogens is 1. The van der Waals surface area contributed by atoms with Crippen LogP contribution < -0.4 is 5.32 Å². The van der Waals surface area contributed by atoms with Gasteiger partial charge in [-0.1, -0.05) is 0 Å². The minimum Gasteiger partial charge on any atom is -0.481 e. The standard InChI is InChI=1S/C13H14FNO5/c1-7-6-8(14)2-3-9(7)12(18)15-10(13(19)20)4-5-11(16)17/h2-3,6,10H,4-5H2,1H3,(H,15,18)(H,16,17)(H,19,20). The van der Waals surface area contributed by atoms with Crippen molar-refractivity contribution in [2.45, 2.75) is 25.8 Å². The highest BCUT2D eigenvalue weighted by Crippen LogP contribution is 2.11. The fraction of sp³-hybridized carbons (Fsp3) is 0.308. The third-order valence-corrected chi connectivity index (χ3v) is 2.68. The van der Waals surface area contributed by atoms with Crippen LogP contribution in [-0.4, -0.2) is 34.1 Å². The predicted molar refractivity (Wildman–Crippen MR) is 66.9 cm³/mol. The molecule has 0 saturated heterocycles. The van der Waals surface area contributed by atoms with Crippen molar-refractivity contribution in [2.75, 3.05) is 0 Å². The Balaban J connectivity index is 2.80. The Kier molecular flexibility index (Phi) is 5.19. The van der Waals surface area contributed by atoms with Crippen molar-refractivity contribution in [3.63, 3.8) is 0 Å². The molecule has 1 amide bonds. The molecule has 1 unspecified atom stereocenters. The van der Waals surface area contributed by atoms with Gasteiger partial charge < -0.3 is 15.5 Å². The molecule has 1 atom stereocenters. The van der Waals surface area contributed by atoms with Crippen LogP contribution in [0.3, 0.4) is 0 Å². The van der Waals surface area contributed by atoms with Gasteiger partial charge in [-0.05, 0) is 37.1 Å². The summed E-state index contributed by atoms with van der Waals surface area (Å²) in [5.74, 6) is -3.65. The summed E-state index contributed by atoms with van der Waals surface area (Å²) in [4.78, 5) is 33.3. The van der Waals surface area contributed by atoms with E-state index in [1.165, 1.54) is 13.0 Å². The summed E-state index contributed by atoms with van der Waals surface area (Å²) in [7, 11) is 0. The number of hydrogen-bond donors (Lipinski definition) is 3. The molecule has 3 N–H and O–H groups in total. The number of carbonyl (C=O) groups is 3. The minimum absolute atomic E-state index is 0.146. The number of carboxylic acids is 2. The molecule has 0 saturated carbocycles. The Morgan fingerprint density at radius 1 is 1.30 bits per heavy atom. The Morgan fingerprint density at radius 3 is 2.45 bits per heavy atom. The smallest absolute Gasteiger partial charge is 0.326 e. The van der Waals surface area contributed by atoms with Crippen LogP contribution in [0.5, 0.6) is 0 Å². The van der Waals surface area contributed by atoms with Crippen molar-refractivity contribution in [3.8, 4) is 0 Å². The molecule has 0 aliphatic carbocycles. The third kappa shape index (κ3) is 4.34. The van der Waals surface area contributed by atoms with Crippen molar-refractivity contribution in [1.82, 2.24) is 5.32 Å². The Morgan fingerprint density at radius 2 is 1.95 bits per heavy atom. The van der Waals surface area contributed by atoms with Crippen LogP contribution >= 0.6 is 0 Å². The molecule has 0 aromatic heterocycles. The summed E-state index contributed by atoms with van der Waals surface area (Å²) in [6.07, 6.45) is -0.601. The molecule has 6 nitrogen and oxygen atoms in total. The quantitative estimate of drug-likeness (QED) is 0.727. The third-order valence-electron chi connectivity index (χ3n) is 2.68. The molecule has 0 radical (unpaired) electrons. The van der Waals surface area contributed by atoms with E-state index in [9.17, 15) is 18.8 Å². The van der Waals surface area contributed by atoms with E-state index in [0.29, 0.717) is 5.56 Å². The first-order chi connectivity index (χ1) is 9.31. The number of rotatable bonds is 6. The number of benzene rings is 1. The highest BCUT2D eigenvalue weighted by atomic mass is 19.1. The Labute approximate surface area is 114 Å². The SMILES string of the molecule is Cc1cc(F)ccc1C(=O)NC(CCC(=O)O)C(=O)O. The highest BCUT2D eigenvalue weighted by Gasteiger charge is 2.22. The fourth-order valence-electron chi connectivity index (χ4n) is 1.64. The summed E-state index contributed by atoms with van der Waals surface area (Å²) >= 11 is 0. The summed E-state index contributed by atoms with van der Waals surface area (Å²) in [5.41, 5.74) is 0.512. The van der Waals surface area contributed by atoms with Crippen molar-refractivity contribution < 1.29 is 29.0 Å². The second-order valence-corrected chi connectivity index (χ2v) is 4.26. The van der Waals surface area contributed by atoms with Crippen LogP contribution in [0.2, 0.25) is 0 Å². The molecular formula is C13H14FNO5. The first-order valence-electron chi connectivity index (χ1n) is 5.83. The second-order valence-electron chi connectivity index (χ2n) is 4.26. The second kappa shape index (κ2) is 6.65. The van der Waals surface area contributed by atoms with Gasteiger partial charge >= 0.3 is 11.9 Å². The maximum Gasteiger partial charge on any atom is 0.326 e. The Bertz CT molecular complexity index is 544. The summed E-state index contributed by atoms with van der Waals surface area (Å²) in [5, 5.41) is 19.7. The van der Waals surface area contributed by atoms with Gasteiger partial charge in [-0.3, -0.25) is 9.59 Å². The predicted octanol–water partition coefficient (Wildman–Crippen LogP) is 1.18. The van der Waals surface area contributed by atoms with Crippen LogP contribution in [0.25, 0.3) is 0 Å². The lowest BCUT2D eigenvalue weighted by atomic mass is 10.1. The Hall–Kier alpha value is -2.44. The van der Waals surface area contributed by atoms with Gasteiger partial charge in [0.25, 0.3) is 5.91 Å². The van der Waals surface area contributed by atoms with Gasteiger partial charge in [0.2, 0.25) is 0 Å². The van der Waals surface area contributed by atoms with Crippen molar-refractivity contribution >= 4 is 17.8 Å². The van der Waals surface area contributed by atoms with Crippen molar-refractivity contribution in [1.29, 1.82) is 0 Å². The molecule has 108 valence electrons. The van der Waals surface area contributed by atoms with Gasteiger partial charge in [0.15, 0.2) is 0 Å². The minimum atomic E-state index is -1.32. The molecular weight excluding hydrogens is 269 g/mol. The van der Waals surface area contributed by atoms with E-state index < -0.39 is 29.7 Å². The lowest BCUT2D eigenvalue weighted by Crippen LogP contribution is -2.41. The first kappa shape index (κ1) is 15.6. The molecule has 0 spiro atoms. The number of aryl methyl sites for hydroxylation is 1. The van der Waals surface area contributed by atoms with Gasteiger partial charge in [-0.15, -0.1) is 0 Å². The first-order valence-corrected chi connectivity index (χ1v) is 5.83. The molecule has 0 aliphatic rings. The molecule has 1 rings (SSSR count). The normalized spacial score (nSPS) is 11.7. The van der Waals surface area contributed by atoms with Crippen LogP contribution in [0.15, 0.2) is 18.2 Å².